The number of hydrogen-bond donors (Lipinski definition) is 2. The highest BCUT2D eigenvalue weighted by Crippen LogP contribution is 2.23. The molecule has 0 aliphatic carbocycles. The highest BCUT2D eigenvalue weighted by molar-refractivity contribution is 7.89. The van der Waals surface area contributed by atoms with E-state index in [4.69, 9.17) is 9.84 Å². The summed E-state index contributed by atoms with van der Waals surface area (Å²) in [4.78, 5) is 11.2. The van der Waals surface area contributed by atoms with Crippen LogP contribution >= 0.6 is 0 Å². The Labute approximate surface area is 152 Å². The molecule has 0 aromatic heterocycles. The van der Waals surface area contributed by atoms with Crippen LogP contribution in [0.2, 0.25) is 0 Å². The van der Waals surface area contributed by atoms with Crippen LogP contribution in [0, 0.1) is 0 Å². The summed E-state index contributed by atoms with van der Waals surface area (Å²) in [5.41, 5.74) is 1.09. The van der Waals surface area contributed by atoms with Crippen LogP contribution in [0.15, 0.2) is 53.4 Å². The predicted molar refractivity (Wildman–Crippen MR) is 95.8 cm³/mol. The minimum absolute atomic E-state index is 0.0384. The van der Waals surface area contributed by atoms with Gasteiger partial charge < -0.3 is 15.2 Å². The quantitative estimate of drug-likeness (QED) is 0.761. The molecule has 138 valence electrons. The molecule has 0 saturated carbocycles. The Morgan fingerprint density at radius 2 is 1.92 bits per heavy atom. The first-order valence-corrected chi connectivity index (χ1v) is 9.54. The number of sulfonamides is 1. The van der Waals surface area contributed by atoms with Crippen molar-refractivity contribution in [3.8, 4) is 5.75 Å². The number of rotatable bonds is 7. The summed E-state index contributed by atoms with van der Waals surface area (Å²) in [5.74, 6) is -0.358. The molecule has 0 atom stereocenters. The van der Waals surface area contributed by atoms with E-state index in [0.717, 1.165) is 5.56 Å². The Balaban J connectivity index is 1.55. The largest absolute Gasteiger partial charge is 0.497 e. The Bertz CT molecular complexity index is 890. The Morgan fingerprint density at radius 3 is 2.54 bits per heavy atom. The normalized spacial score (nSPS) is 15.4. The second kappa shape index (κ2) is 7.45. The highest BCUT2D eigenvalue weighted by Gasteiger charge is 2.36. The van der Waals surface area contributed by atoms with Gasteiger partial charge in [-0.05, 0) is 42.0 Å². The minimum atomic E-state index is -3.50. The van der Waals surface area contributed by atoms with E-state index < -0.39 is 16.0 Å². The van der Waals surface area contributed by atoms with Crippen LogP contribution in [0.4, 0.5) is 0 Å². The number of carbonyl (C=O) groups is 1. The van der Waals surface area contributed by atoms with Gasteiger partial charge in [-0.2, -0.15) is 4.31 Å². The summed E-state index contributed by atoms with van der Waals surface area (Å²) in [7, 11) is -1.97. The number of carboxylic acids is 1. The van der Waals surface area contributed by atoms with Gasteiger partial charge in [0.2, 0.25) is 10.0 Å². The van der Waals surface area contributed by atoms with Crippen molar-refractivity contribution in [3.63, 3.8) is 0 Å². The van der Waals surface area contributed by atoms with Crippen molar-refractivity contribution in [2.75, 3.05) is 20.2 Å². The molecule has 1 heterocycles. The molecule has 1 saturated heterocycles. The van der Waals surface area contributed by atoms with Crippen LogP contribution in [0.25, 0.3) is 0 Å². The smallest absolute Gasteiger partial charge is 0.335 e. The first kappa shape index (κ1) is 18.4. The summed E-state index contributed by atoms with van der Waals surface area (Å²) >= 11 is 0. The van der Waals surface area contributed by atoms with Crippen molar-refractivity contribution in [2.45, 2.75) is 17.5 Å². The number of carboxylic acid groups (broad SMARTS) is 1. The fourth-order valence-corrected chi connectivity index (χ4v) is 4.27. The number of nitrogens with one attached hydrogen (secondary N) is 1. The molecule has 2 N–H and O–H groups in total. The lowest BCUT2D eigenvalue weighted by molar-refractivity contribution is 0.0696. The Morgan fingerprint density at radius 1 is 1.23 bits per heavy atom. The Hall–Kier alpha value is -2.42. The van der Waals surface area contributed by atoms with Crippen LogP contribution < -0.4 is 10.1 Å². The molecule has 0 spiro atoms. The number of methoxy groups -OCH3 is 1. The molecule has 1 aliphatic heterocycles. The van der Waals surface area contributed by atoms with Gasteiger partial charge in [0.05, 0.1) is 17.6 Å². The summed E-state index contributed by atoms with van der Waals surface area (Å²) in [6.07, 6.45) is 0. The van der Waals surface area contributed by atoms with Crippen molar-refractivity contribution >= 4 is 16.0 Å². The number of hydrogen-bond acceptors (Lipinski definition) is 5. The molecular formula is C18H20N2O5S. The number of nitrogens with zero attached hydrogens (tertiary/aromatic N) is 1. The zero-order valence-corrected chi connectivity index (χ0v) is 15.1. The average Bonchev–Trinajstić information content (AvgIpc) is 2.60. The summed E-state index contributed by atoms with van der Waals surface area (Å²) < 4.78 is 31.5. The van der Waals surface area contributed by atoms with Crippen LogP contribution in [-0.4, -0.2) is 50.0 Å². The van der Waals surface area contributed by atoms with Gasteiger partial charge in [0.25, 0.3) is 0 Å². The third kappa shape index (κ3) is 3.87. The molecule has 2 aromatic carbocycles. The third-order valence-electron chi connectivity index (χ3n) is 4.31. The standard InChI is InChI=1S/C18H20N2O5S/c1-25-16-5-7-17(8-6-16)26(23,24)20-11-15(12-20)19-10-13-3-2-4-14(9-13)18(21)22/h2-9,15,19H,10-12H2,1H3,(H,21,22). The number of benzene rings is 2. The molecule has 1 fully saturated rings. The van der Waals surface area contributed by atoms with Gasteiger partial charge >= 0.3 is 5.97 Å². The molecule has 8 heteroatoms. The highest BCUT2D eigenvalue weighted by atomic mass is 32.2. The molecule has 1 aliphatic rings. The zero-order valence-electron chi connectivity index (χ0n) is 14.3. The molecule has 0 bridgehead atoms. The van der Waals surface area contributed by atoms with E-state index in [0.29, 0.717) is 25.4 Å². The molecule has 26 heavy (non-hydrogen) atoms. The topological polar surface area (TPSA) is 95.9 Å². The fourth-order valence-electron chi connectivity index (χ4n) is 2.74. The average molecular weight is 376 g/mol. The van der Waals surface area contributed by atoms with Gasteiger partial charge in [0, 0.05) is 25.7 Å². The second-order valence-corrected chi connectivity index (χ2v) is 8.02. The van der Waals surface area contributed by atoms with E-state index in [1.165, 1.54) is 23.5 Å². The monoisotopic (exact) mass is 376 g/mol. The van der Waals surface area contributed by atoms with Crippen LogP contribution in [0.1, 0.15) is 15.9 Å². The lowest BCUT2D eigenvalue weighted by atomic mass is 10.1. The van der Waals surface area contributed by atoms with Gasteiger partial charge in [0.15, 0.2) is 0 Å². The molecule has 2 aromatic rings. The van der Waals surface area contributed by atoms with Crippen LogP contribution in [0.5, 0.6) is 5.75 Å². The van der Waals surface area contributed by atoms with E-state index in [1.54, 1.807) is 30.3 Å². The maximum absolute atomic E-state index is 12.5. The summed E-state index contributed by atoms with van der Waals surface area (Å²) in [6, 6.07) is 13.0. The van der Waals surface area contributed by atoms with Crippen LogP contribution in [-0.2, 0) is 16.6 Å². The van der Waals surface area contributed by atoms with Crippen molar-refractivity contribution in [1.29, 1.82) is 0 Å². The van der Waals surface area contributed by atoms with E-state index in [9.17, 15) is 13.2 Å². The molecular weight excluding hydrogens is 356 g/mol. The number of aromatic carboxylic acids is 1. The maximum atomic E-state index is 12.5. The second-order valence-electron chi connectivity index (χ2n) is 6.08. The molecule has 0 amide bonds. The minimum Gasteiger partial charge on any atom is -0.497 e. The molecule has 7 nitrogen and oxygen atoms in total. The Kier molecular flexibility index (Phi) is 5.26. The first-order valence-electron chi connectivity index (χ1n) is 8.10. The summed E-state index contributed by atoms with van der Waals surface area (Å²) in [5, 5.41) is 12.3. The van der Waals surface area contributed by atoms with Gasteiger partial charge in [0.1, 0.15) is 5.75 Å². The van der Waals surface area contributed by atoms with E-state index in [1.807, 2.05) is 6.07 Å². The van der Waals surface area contributed by atoms with Crippen molar-refractivity contribution < 1.29 is 23.1 Å². The van der Waals surface area contributed by atoms with E-state index in [2.05, 4.69) is 5.32 Å². The van der Waals surface area contributed by atoms with Gasteiger partial charge in [-0.1, -0.05) is 12.1 Å². The van der Waals surface area contributed by atoms with Gasteiger partial charge in [-0.15, -0.1) is 0 Å². The molecule has 0 unspecified atom stereocenters. The van der Waals surface area contributed by atoms with Crippen molar-refractivity contribution in [1.82, 2.24) is 9.62 Å². The number of ether oxygens (including phenoxy) is 1. The predicted octanol–water partition coefficient (Wildman–Crippen LogP) is 1.56. The molecule has 0 radical (unpaired) electrons. The van der Waals surface area contributed by atoms with Gasteiger partial charge in [-0.25, -0.2) is 13.2 Å². The van der Waals surface area contributed by atoms with Crippen molar-refractivity contribution in [2.24, 2.45) is 0 Å². The van der Waals surface area contributed by atoms with E-state index in [-0.39, 0.29) is 16.5 Å². The third-order valence-corrected chi connectivity index (χ3v) is 6.16. The summed E-state index contributed by atoms with van der Waals surface area (Å²) in [6.45, 7) is 1.25. The SMILES string of the molecule is COc1ccc(S(=O)(=O)N2CC(NCc3cccc(C(=O)O)c3)C2)cc1. The maximum Gasteiger partial charge on any atom is 0.335 e. The van der Waals surface area contributed by atoms with Crippen LogP contribution in [0.3, 0.4) is 0 Å². The van der Waals surface area contributed by atoms with Gasteiger partial charge in [-0.3, -0.25) is 0 Å². The lowest BCUT2D eigenvalue weighted by Crippen LogP contribution is -2.59. The van der Waals surface area contributed by atoms with E-state index >= 15 is 0 Å². The fraction of sp³-hybridized carbons (Fsp3) is 0.278. The zero-order chi connectivity index (χ0) is 18.7. The molecule has 3 rings (SSSR count). The van der Waals surface area contributed by atoms with Crippen molar-refractivity contribution in [3.05, 3.63) is 59.7 Å². The lowest BCUT2D eigenvalue weighted by Gasteiger charge is -2.38. The first-order chi connectivity index (χ1) is 12.4.